The van der Waals surface area contributed by atoms with Crippen molar-refractivity contribution in [2.45, 2.75) is 19.2 Å². The smallest absolute Gasteiger partial charge is 0.359 e. The monoisotopic (exact) mass is 424 g/mol. The highest BCUT2D eigenvalue weighted by Crippen LogP contribution is 2.36. The number of halogens is 4. The van der Waals surface area contributed by atoms with Crippen LogP contribution >= 0.6 is 39.9 Å². The number of carbonyl (C=O) groups excluding carboxylic acids is 1. The highest BCUT2D eigenvalue weighted by Gasteiger charge is 2.29. The number of benzene rings is 1. The molecule has 1 aromatic carbocycles. The maximum atomic E-state index is 14.2. The Hall–Kier alpha value is -1.12. The molecule has 1 heterocycles. The zero-order valence-electron chi connectivity index (χ0n) is 12.1. The van der Waals surface area contributed by atoms with Gasteiger partial charge in [-0.25, -0.2) is 9.18 Å². The van der Waals surface area contributed by atoms with Crippen LogP contribution in [0.1, 0.15) is 39.6 Å². The Kier molecular flexibility index (Phi) is 6.05. The van der Waals surface area contributed by atoms with E-state index >= 15 is 0 Å². The van der Waals surface area contributed by atoms with E-state index in [2.05, 4.69) is 21.0 Å². The second-order valence-electron chi connectivity index (χ2n) is 4.54. The van der Waals surface area contributed by atoms with Crippen molar-refractivity contribution in [3.63, 3.8) is 0 Å². The molecule has 1 atom stereocenters. The van der Waals surface area contributed by atoms with Crippen LogP contribution in [0.3, 0.4) is 0 Å². The van der Waals surface area contributed by atoms with Gasteiger partial charge in [-0.3, -0.25) is 0 Å². The van der Waals surface area contributed by atoms with Gasteiger partial charge >= 0.3 is 5.97 Å². The Morgan fingerprint density at radius 1 is 1.57 bits per heavy atom. The van der Waals surface area contributed by atoms with E-state index in [4.69, 9.17) is 16.3 Å². The van der Waals surface area contributed by atoms with Gasteiger partial charge in [-0.1, -0.05) is 22.0 Å². The van der Waals surface area contributed by atoms with Crippen molar-refractivity contribution in [3.05, 3.63) is 51.0 Å². The van der Waals surface area contributed by atoms with E-state index in [1.807, 2.05) is 0 Å². The summed E-state index contributed by atoms with van der Waals surface area (Å²) < 4.78 is 33.5. The zero-order valence-corrected chi connectivity index (χ0v) is 15.3. The number of esters is 1. The number of nitrogens with zero attached hydrogens (tertiary/aromatic N) is 2. The molecule has 0 spiro atoms. The number of hydrogen-bond acceptors (Lipinski definition) is 4. The maximum Gasteiger partial charge on any atom is 0.359 e. The van der Waals surface area contributed by atoms with Crippen molar-refractivity contribution < 1.29 is 17.8 Å². The van der Waals surface area contributed by atoms with Crippen LogP contribution < -0.4 is 0 Å². The first-order valence-corrected chi connectivity index (χ1v) is 8.45. The standard InChI is InChI=1S/C14H12BrClF2N2O2S/c1-3-22-14(21)13-11(7(2)20(19-13)23-18)12(16)9-5-4-8(15)6-10(9)17/h4-6,12H,3H2,1-2H3. The molecule has 0 saturated carbocycles. The lowest BCUT2D eigenvalue weighted by atomic mass is 10.0. The average molecular weight is 426 g/mol. The largest absolute Gasteiger partial charge is 0.461 e. The third kappa shape index (κ3) is 3.70. The third-order valence-corrected chi connectivity index (χ3v) is 4.58. The molecule has 2 aromatic rings. The predicted octanol–water partition coefficient (Wildman–Crippen LogP) is 4.98. The molecule has 0 amide bonds. The molecule has 9 heteroatoms. The zero-order chi connectivity index (χ0) is 17.1. The van der Waals surface area contributed by atoms with Gasteiger partial charge in [-0.2, -0.15) is 9.19 Å². The fourth-order valence-electron chi connectivity index (χ4n) is 2.08. The van der Waals surface area contributed by atoms with Gasteiger partial charge in [0.15, 0.2) is 18.0 Å². The molecule has 124 valence electrons. The van der Waals surface area contributed by atoms with Crippen molar-refractivity contribution in [2.24, 2.45) is 0 Å². The van der Waals surface area contributed by atoms with Crippen molar-refractivity contribution >= 4 is 45.8 Å². The predicted molar refractivity (Wildman–Crippen MR) is 88.8 cm³/mol. The number of rotatable bonds is 5. The number of aromatic nitrogens is 2. The number of hydrogen-bond donors (Lipinski definition) is 0. The minimum atomic E-state index is -1.01. The summed E-state index contributed by atoms with van der Waals surface area (Å²) in [4.78, 5) is 12.0. The molecule has 1 aromatic heterocycles. The number of carbonyl (C=O) groups is 1. The summed E-state index contributed by atoms with van der Waals surface area (Å²) in [6.07, 6.45) is 0. The van der Waals surface area contributed by atoms with Gasteiger partial charge in [-0.05, 0) is 26.0 Å². The van der Waals surface area contributed by atoms with Gasteiger partial charge in [0.25, 0.3) is 0 Å². The summed E-state index contributed by atoms with van der Waals surface area (Å²) in [5.41, 5.74) is 0.558. The lowest BCUT2D eigenvalue weighted by Gasteiger charge is -2.12. The summed E-state index contributed by atoms with van der Waals surface area (Å²) >= 11 is 9.35. The van der Waals surface area contributed by atoms with Crippen molar-refractivity contribution in [2.75, 3.05) is 6.61 Å². The van der Waals surface area contributed by atoms with Gasteiger partial charge < -0.3 is 4.74 Å². The summed E-state index contributed by atoms with van der Waals surface area (Å²) in [5.74, 6) is -1.28. The van der Waals surface area contributed by atoms with Crippen LogP contribution in [0.25, 0.3) is 0 Å². The Balaban J connectivity index is 2.56. The second kappa shape index (κ2) is 7.63. The van der Waals surface area contributed by atoms with Gasteiger partial charge in [-0.15, -0.1) is 15.5 Å². The first kappa shape index (κ1) is 18.2. The Morgan fingerprint density at radius 2 is 2.26 bits per heavy atom. The minimum absolute atomic E-state index is 0.128. The highest BCUT2D eigenvalue weighted by atomic mass is 79.9. The molecule has 0 radical (unpaired) electrons. The number of ether oxygens (including phenoxy) is 1. The van der Waals surface area contributed by atoms with E-state index in [0.29, 0.717) is 10.2 Å². The van der Waals surface area contributed by atoms with Gasteiger partial charge in [0.2, 0.25) is 0 Å². The lowest BCUT2D eigenvalue weighted by Crippen LogP contribution is -2.10. The summed E-state index contributed by atoms with van der Waals surface area (Å²) in [6.45, 7) is 3.31. The molecule has 0 fully saturated rings. The normalized spacial score (nSPS) is 12.3. The van der Waals surface area contributed by atoms with E-state index < -0.39 is 17.2 Å². The number of alkyl halides is 1. The molecule has 2 rings (SSSR count). The quantitative estimate of drug-likeness (QED) is 0.501. The van der Waals surface area contributed by atoms with Crippen molar-refractivity contribution in [3.8, 4) is 0 Å². The lowest BCUT2D eigenvalue weighted by molar-refractivity contribution is 0.0518. The van der Waals surface area contributed by atoms with E-state index in [1.54, 1.807) is 19.9 Å². The van der Waals surface area contributed by atoms with Crippen LogP contribution in [0.4, 0.5) is 8.28 Å². The van der Waals surface area contributed by atoms with E-state index in [0.717, 1.165) is 4.09 Å². The van der Waals surface area contributed by atoms with Crippen LogP contribution in [-0.4, -0.2) is 21.8 Å². The molecule has 1 unspecified atom stereocenters. The molecular weight excluding hydrogens is 414 g/mol. The molecule has 0 N–H and O–H groups in total. The summed E-state index contributed by atoms with van der Waals surface area (Å²) in [6, 6.07) is 4.38. The Bertz CT molecular complexity index is 742. The molecular formula is C14H12BrClF2N2O2S. The third-order valence-electron chi connectivity index (χ3n) is 3.15. The molecule has 0 aliphatic carbocycles. The van der Waals surface area contributed by atoms with Crippen LogP contribution in [0, 0.1) is 12.7 Å². The Morgan fingerprint density at radius 3 is 2.83 bits per heavy atom. The van der Waals surface area contributed by atoms with Crippen LogP contribution in [0.5, 0.6) is 0 Å². The van der Waals surface area contributed by atoms with E-state index in [-0.39, 0.29) is 35.8 Å². The van der Waals surface area contributed by atoms with Crippen LogP contribution in [0.15, 0.2) is 22.7 Å². The van der Waals surface area contributed by atoms with Crippen LogP contribution in [-0.2, 0) is 4.74 Å². The molecule has 0 aliphatic heterocycles. The summed E-state index contributed by atoms with van der Waals surface area (Å²) in [7, 11) is 0. The Labute approximate surface area is 149 Å². The molecule has 23 heavy (non-hydrogen) atoms. The SMILES string of the molecule is CCOC(=O)c1nn(SF)c(C)c1C(Cl)c1ccc(Br)cc1F. The van der Waals surface area contributed by atoms with Gasteiger partial charge in [0.05, 0.1) is 17.7 Å². The van der Waals surface area contributed by atoms with E-state index in [1.165, 1.54) is 12.1 Å². The fourth-order valence-corrected chi connectivity index (χ4v) is 3.16. The first-order valence-electron chi connectivity index (χ1n) is 6.55. The topological polar surface area (TPSA) is 44.1 Å². The summed E-state index contributed by atoms with van der Waals surface area (Å²) in [5, 5.41) is 2.84. The highest BCUT2D eigenvalue weighted by molar-refractivity contribution is 9.10. The van der Waals surface area contributed by atoms with Crippen LogP contribution in [0.2, 0.25) is 0 Å². The van der Waals surface area contributed by atoms with Gasteiger partial charge in [0.1, 0.15) is 5.82 Å². The fraction of sp³-hybridized carbons (Fsp3) is 0.286. The van der Waals surface area contributed by atoms with E-state index in [9.17, 15) is 13.1 Å². The maximum absolute atomic E-state index is 14.2. The second-order valence-corrected chi connectivity index (χ2v) is 6.37. The average Bonchev–Trinajstić information content (AvgIpc) is 2.83. The van der Waals surface area contributed by atoms with Crippen molar-refractivity contribution in [1.29, 1.82) is 0 Å². The molecule has 4 nitrogen and oxygen atoms in total. The van der Waals surface area contributed by atoms with Gasteiger partial charge in [0, 0.05) is 15.6 Å². The minimum Gasteiger partial charge on any atom is -0.461 e. The van der Waals surface area contributed by atoms with Crippen molar-refractivity contribution in [1.82, 2.24) is 9.19 Å². The molecule has 0 aliphatic rings. The first-order chi connectivity index (χ1) is 10.9. The molecule has 0 saturated heterocycles. The molecule has 0 bridgehead atoms.